The molecule has 0 aliphatic rings. The largest absolute Gasteiger partial charge is 0.316 e. The third-order valence-electron chi connectivity index (χ3n) is 3.33. The first-order chi connectivity index (χ1) is 7.47. The van der Waals surface area contributed by atoms with E-state index in [-0.39, 0.29) is 0 Å². The minimum atomic E-state index is 0.418. The maximum atomic E-state index is 3.50. The molecule has 2 nitrogen and oxygen atoms in total. The maximum Gasteiger partial charge on any atom is 0.00474 e. The van der Waals surface area contributed by atoms with Crippen LogP contribution in [0.2, 0.25) is 0 Å². The molecule has 0 aliphatic carbocycles. The van der Waals surface area contributed by atoms with Crippen molar-refractivity contribution in [3.05, 3.63) is 0 Å². The highest BCUT2D eigenvalue weighted by molar-refractivity contribution is 4.79. The van der Waals surface area contributed by atoms with Gasteiger partial charge in [0.05, 0.1) is 0 Å². The van der Waals surface area contributed by atoms with Gasteiger partial charge in [0.2, 0.25) is 0 Å². The van der Waals surface area contributed by atoms with Crippen molar-refractivity contribution in [1.82, 2.24) is 10.2 Å². The van der Waals surface area contributed by atoms with Crippen LogP contribution in [-0.2, 0) is 0 Å². The zero-order valence-electron chi connectivity index (χ0n) is 12.3. The zero-order chi connectivity index (χ0) is 12.6. The summed E-state index contributed by atoms with van der Waals surface area (Å²) in [7, 11) is 0. The molecule has 2 heteroatoms. The number of hydrogen-bond acceptors (Lipinski definition) is 2. The van der Waals surface area contributed by atoms with Crippen molar-refractivity contribution in [2.75, 3.05) is 32.7 Å². The van der Waals surface area contributed by atoms with Crippen molar-refractivity contribution >= 4 is 0 Å². The second kappa shape index (κ2) is 8.08. The molecule has 0 heterocycles. The predicted octanol–water partition coefficient (Wildman–Crippen LogP) is 2.99. The summed E-state index contributed by atoms with van der Waals surface area (Å²) in [6.45, 7) is 19.6. The van der Waals surface area contributed by atoms with Crippen molar-refractivity contribution in [1.29, 1.82) is 0 Å². The smallest absolute Gasteiger partial charge is 0.00474 e. The van der Waals surface area contributed by atoms with Gasteiger partial charge < -0.3 is 10.2 Å². The van der Waals surface area contributed by atoms with Gasteiger partial charge in [-0.2, -0.15) is 0 Å². The van der Waals surface area contributed by atoms with Crippen molar-refractivity contribution in [2.45, 2.75) is 48.0 Å². The molecule has 0 rings (SSSR count). The van der Waals surface area contributed by atoms with Gasteiger partial charge in [0.25, 0.3) is 0 Å². The summed E-state index contributed by atoms with van der Waals surface area (Å²) in [6.07, 6.45) is 1.24. The summed E-state index contributed by atoms with van der Waals surface area (Å²) in [4.78, 5) is 2.59. The van der Waals surface area contributed by atoms with Crippen molar-refractivity contribution < 1.29 is 0 Å². The first-order valence-corrected chi connectivity index (χ1v) is 6.90. The molecule has 98 valence electrons. The Kier molecular flexibility index (Phi) is 8.04. The Labute approximate surface area is 103 Å². The molecule has 0 aromatic carbocycles. The van der Waals surface area contributed by atoms with Crippen molar-refractivity contribution in [3.8, 4) is 0 Å². The quantitative estimate of drug-likeness (QED) is 0.652. The lowest BCUT2D eigenvalue weighted by atomic mass is 9.86. The summed E-state index contributed by atoms with van der Waals surface area (Å²) < 4.78 is 0. The molecule has 0 saturated carbocycles. The van der Waals surface area contributed by atoms with Gasteiger partial charge in [-0.05, 0) is 30.8 Å². The van der Waals surface area contributed by atoms with Crippen LogP contribution in [0.5, 0.6) is 0 Å². The number of nitrogens with zero attached hydrogens (tertiary/aromatic N) is 1. The maximum absolute atomic E-state index is 3.50. The Hall–Kier alpha value is -0.0800. The van der Waals surface area contributed by atoms with Gasteiger partial charge in [0.15, 0.2) is 0 Å². The van der Waals surface area contributed by atoms with Crippen LogP contribution >= 0.6 is 0 Å². The fraction of sp³-hybridized carbons (Fsp3) is 1.00. The molecule has 0 bridgehead atoms. The molecule has 1 atom stereocenters. The molecule has 0 amide bonds. The van der Waals surface area contributed by atoms with E-state index in [4.69, 9.17) is 0 Å². The molecular formula is C14H32N2. The third-order valence-corrected chi connectivity index (χ3v) is 3.33. The average molecular weight is 228 g/mol. The Morgan fingerprint density at radius 2 is 1.81 bits per heavy atom. The van der Waals surface area contributed by atoms with Gasteiger partial charge in [-0.15, -0.1) is 0 Å². The lowest BCUT2D eigenvalue weighted by Gasteiger charge is -2.35. The van der Waals surface area contributed by atoms with Gasteiger partial charge >= 0.3 is 0 Å². The summed E-state index contributed by atoms with van der Waals surface area (Å²) in [5.41, 5.74) is 0.418. The fourth-order valence-corrected chi connectivity index (χ4v) is 2.08. The summed E-state index contributed by atoms with van der Waals surface area (Å²) in [5.74, 6) is 0.764. The lowest BCUT2D eigenvalue weighted by molar-refractivity contribution is 0.148. The highest BCUT2D eigenvalue weighted by atomic mass is 15.1. The van der Waals surface area contributed by atoms with Crippen molar-refractivity contribution in [3.63, 3.8) is 0 Å². The van der Waals surface area contributed by atoms with E-state index >= 15 is 0 Å². The summed E-state index contributed by atoms with van der Waals surface area (Å²) in [5, 5.41) is 3.50. The van der Waals surface area contributed by atoms with Gasteiger partial charge in [0, 0.05) is 19.6 Å². The van der Waals surface area contributed by atoms with E-state index < -0.39 is 0 Å². The number of hydrogen-bond donors (Lipinski definition) is 1. The Balaban J connectivity index is 4.24. The summed E-state index contributed by atoms with van der Waals surface area (Å²) >= 11 is 0. The van der Waals surface area contributed by atoms with Gasteiger partial charge in [-0.25, -0.2) is 0 Å². The Morgan fingerprint density at radius 1 is 1.19 bits per heavy atom. The predicted molar refractivity (Wildman–Crippen MR) is 73.9 cm³/mol. The van der Waals surface area contributed by atoms with Crippen LogP contribution < -0.4 is 5.32 Å². The molecule has 16 heavy (non-hydrogen) atoms. The van der Waals surface area contributed by atoms with Crippen LogP contribution in [0.1, 0.15) is 48.0 Å². The monoisotopic (exact) mass is 228 g/mol. The van der Waals surface area contributed by atoms with Crippen molar-refractivity contribution in [2.24, 2.45) is 11.3 Å². The molecule has 0 saturated heterocycles. The first kappa shape index (κ1) is 15.9. The molecule has 1 N–H and O–H groups in total. The molecule has 1 unspecified atom stereocenters. The Morgan fingerprint density at radius 3 is 2.19 bits per heavy atom. The minimum Gasteiger partial charge on any atom is -0.316 e. The van der Waals surface area contributed by atoms with Gasteiger partial charge in [-0.1, -0.05) is 41.5 Å². The van der Waals surface area contributed by atoms with E-state index in [1.165, 1.54) is 26.1 Å². The normalized spacial score (nSPS) is 15.8. The summed E-state index contributed by atoms with van der Waals surface area (Å²) in [6, 6.07) is 0. The second-order valence-electron chi connectivity index (χ2n) is 5.67. The van der Waals surface area contributed by atoms with Crippen LogP contribution in [0, 0.1) is 11.3 Å². The van der Waals surface area contributed by atoms with E-state index in [0.29, 0.717) is 5.41 Å². The van der Waals surface area contributed by atoms with E-state index in [9.17, 15) is 0 Å². The topological polar surface area (TPSA) is 15.3 Å². The van der Waals surface area contributed by atoms with E-state index in [1.807, 2.05) is 0 Å². The van der Waals surface area contributed by atoms with Crippen LogP contribution in [0.25, 0.3) is 0 Å². The zero-order valence-corrected chi connectivity index (χ0v) is 12.3. The van der Waals surface area contributed by atoms with E-state index in [0.717, 1.165) is 19.0 Å². The van der Waals surface area contributed by atoms with Crippen LogP contribution in [-0.4, -0.2) is 37.6 Å². The fourth-order valence-electron chi connectivity index (χ4n) is 2.08. The lowest BCUT2D eigenvalue weighted by Crippen LogP contribution is -2.43. The van der Waals surface area contributed by atoms with E-state index in [1.54, 1.807) is 0 Å². The third kappa shape index (κ3) is 6.49. The van der Waals surface area contributed by atoms with Gasteiger partial charge in [0.1, 0.15) is 0 Å². The molecular weight excluding hydrogens is 196 g/mol. The average Bonchev–Trinajstić information content (AvgIpc) is 2.25. The second-order valence-corrected chi connectivity index (χ2v) is 5.67. The highest BCUT2D eigenvalue weighted by Gasteiger charge is 2.24. The molecule has 0 radical (unpaired) electrons. The molecule has 0 aromatic rings. The van der Waals surface area contributed by atoms with Crippen LogP contribution in [0.15, 0.2) is 0 Å². The molecule has 0 aromatic heterocycles. The Bertz CT molecular complexity index is 168. The highest BCUT2D eigenvalue weighted by Crippen LogP contribution is 2.22. The SMILES string of the molecule is CCNCC(C)(CC)CN(CC)CC(C)C. The van der Waals surface area contributed by atoms with Crippen LogP contribution in [0.3, 0.4) is 0 Å². The molecule has 0 fully saturated rings. The standard InChI is InChI=1S/C14H32N2/c1-7-14(6,11-15-8-2)12-16(9-3)10-13(4)5/h13,15H,7-12H2,1-6H3. The van der Waals surface area contributed by atoms with E-state index in [2.05, 4.69) is 51.8 Å². The number of rotatable bonds is 9. The molecule has 0 aliphatic heterocycles. The number of nitrogens with one attached hydrogen (secondary N) is 1. The molecule has 0 spiro atoms. The minimum absolute atomic E-state index is 0.418. The first-order valence-electron chi connectivity index (χ1n) is 6.90. The van der Waals surface area contributed by atoms with Crippen LogP contribution in [0.4, 0.5) is 0 Å². The van der Waals surface area contributed by atoms with Gasteiger partial charge in [-0.3, -0.25) is 0 Å².